The lowest BCUT2D eigenvalue weighted by molar-refractivity contribution is -0.120. The smallest absolute Gasteiger partial charge is 0.321 e. The van der Waals surface area contributed by atoms with Crippen LogP contribution >= 0.6 is 11.3 Å². The van der Waals surface area contributed by atoms with Crippen LogP contribution in [0.3, 0.4) is 0 Å². The van der Waals surface area contributed by atoms with E-state index in [-0.39, 0.29) is 18.5 Å². The molecule has 3 rings (SSSR count). The number of hydrogen-bond acceptors (Lipinski definition) is 5. The van der Waals surface area contributed by atoms with E-state index in [4.69, 9.17) is 0 Å². The monoisotopic (exact) mass is 356 g/mol. The fraction of sp³-hybridized carbons (Fsp3) is 0.176. The van der Waals surface area contributed by atoms with Crippen molar-refractivity contribution >= 4 is 33.5 Å². The van der Waals surface area contributed by atoms with Crippen molar-refractivity contribution in [1.82, 2.24) is 20.2 Å². The summed E-state index contributed by atoms with van der Waals surface area (Å²) in [6.45, 7) is 0.494. The molecule has 0 aliphatic carbocycles. The summed E-state index contributed by atoms with van der Waals surface area (Å²) < 4.78 is 1.37. The Labute approximate surface area is 147 Å². The number of fused-ring (bicyclic) bond motifs is 1. The minimum atomic E-state index is -0.562. The van der Waals surface area contributed by atoms with Gasteiger partial charge in [-0.05, 0) is 17.0 Å². The number of imide groups is 1. The number of rotatable bonds is 5. The molecule has 0 spiro atoms. The van der Waals surface area contributed by atoms with Crippen LogP contribution in [0.1, 0.15) is 12.0 Å². The molecule has 25 heavy (non-hydrogen) atoms. The fourth-order valence-electron chi connectivity index (χ4n) is 2.29. The highest BCUT2D eigenvalue weighted by Crippen LogP contribution is 2.13. The third kappa shape index (κ3) is 4.30. The highest BCUT2D eigenvalue weighted by atomic mass is 32.1. The first-order valence-corrected chi connectivity index (χ1v) is 8.56. The van der Waals surface area contributed by atoms with Crippen molar-refractivity contribution in [2.24, 2.45) is 0 Å². The van der Waals surface area contributed by atoms with Gasteiger partial charge in [-0.2, -0.15) is 0 Å². The molecule has 0 fully saturated rings. The van der Waals surface area contributed by atoms with Gasteiger partial charge in [0.2, 0.25) is 5.91 Å². The summed E-state index contributed by atoms with van der Waals surface area (Å²) >= 11 is 1.39. The number of aromatic nitrogens is 2. The van der Waals surface area contributed by atoms with Crippen LogP contribution in [0.25, 0.3) is 10.2 Å². The van der Waals surface area contributed by atoms with Gasteiger partial charge >= 0.3 is 6.03 Å². The normalized spacial score (nSPS) is 10.6. The van der Waals surface area contributed by atoms with Crippen molar-refractivity contribution in [2.45, 2.75) is 19.5 Å². The lowest BCUT2D eigenvalue weighted by Crippen LogP contribution is -2.39. The second-order valence-corrected chi connectivity index (χ2v) is 6.24. The molecule has 7 nitrogen and oxygen atoms in total. The van der Waals surface area contributed by atoms with Crippen LogP contribution in [0.4, 0.5) is 4.79 Å². The zero-order valence-electron chi connectivity index (χ0n) is 13.3. The molecule has 2 aromatic heterocycles. The maximum atomic E-state index is 12.2. The quantitative estimate of drug-likeness (QED) is 0.730. The number of carbonyl (C=O) groups excluding carboxylic acids is 2. The molecule has 0 unspecified atom stereocenters. The van der Waals surface area contributed by atoms with Gasteiger partial charge in [0.15, 0.2) is 0 Å². The highest BCUT2D eigenvalue weighted by Gasteiger charge is 2.10. The van der Waals surface area contributed by atoms with Gasteiger partial charge in [-0.25, -0.2) is 9.78 Å². The zero-order valence-corrected chi connectivity index (χ0v) is 14.1. The Morgan fingerprint density at radius 1 is 1.16 bits per heavy atom. The Morgan fingerprint density at radius 3 is 2.76 bits per heavy atom. The van der Waals surface area contributed by atoms with Gasteiger partial charge in [0.05, 0.1) is 11.7 Å². The summed E-state index contributed by atoms with van der Waals surface area (Å²) in [6, 6.07) is 10.5. The second-order valence-electron chi connectivity index (χ2n) is 5.35. The average molecular weight is 356 g/mol. The third-order valence-corrected chi connectivity index (χ3v) is 4.40. The summed E-state index contributed by atoms with van der Waals surface area (Å²) in [7, 11) is 0. The number of urea groups is 1. The molecule has 0 aliphatic heterocycles. The van der Waals surface area contributed by atoms with E-state index >= 15 is 0 Å². The van der Waals surface area contributed by atoms with E-state index in [2.05, 4.69) is 15.6 Å². The molecule has 0 saturated carbocycles. The lowest BCUT2D eigenvalue weighted by atomic mass is 10.2. The van der Waals surface area contributed by atoms with E-state index in [9.17, 15) is 14.4 Å². The van der Waals surface area contributed by atoms with Crippen molar-refractivity contribution in [1.29, 1.82) is 0 Å². The molecule has 2 heterocycles. The molecule has 0 saturated heterocycles. The predicted molar refractivity (Wildman–Crippen MR) is 95.3 cm³/mol. The Morgan fingerprint density at radius 2 is 1.96 bits per heavy atom. The van der Waals surface area contributed by atoms with Gasteiger partial charge in [-0.1, -0.05) is 30.3 Å². The fourth-order valence-corrected chi connectivity index (χ4v) is 3.01. The Bertz CT molecular complexity index is 949. The van der Waals surface area contributed by atoms with Crippen molar-refractivity contribution < 1.29 is 9.59 Å². The summed E-state index contributed by atoms with van der Waals surface area (Å²) in [5.74, 6) is -0.456. The number of amides is 3. The number of thiophene rings is 1. The molecular weight excluding hydrogens is 340 g/mol. The summed E-state index contributed by atoms with van der Waals surface area (Å²) in [4.78, 5) is 40.6. The molecule has 128 valence electrons. The molecule has 0 bridgehead atoms. The minimum absolute atomic E-state index is 0.00991. The van der Waals surface area contributed by atoms with Crippen molar-refractivity contribution in [3.05, 3.63) is 64.0 Å². The first-order chi connectivity index (χ1) is 12.1. The van der Waals surface area contributed by atoms with Gasteiger partial charge in [-0.15, -0.1) is 11.3 Å². The number of nitrogens with one attached hydrogen (secondary N) is 2. The molecule has 0 atom stereocenters. The molecule has 1 aromatic carbocycles. The Hall–Kier alpha value is -3.00. The van der Waals surface area contributed by atoms with E-state index in [1.807, 2.05) is 30.3 Å². The maximum Gasteiger partial charge on any atom is 0.321 e. The standard InChI is InChI=1S/C17H16N4O3S/c22-14(20-17(24)18-10-12-4-2-1-3-5-12)6-8-21-11-19-15-13(16(21)23)7-9-25-15/h1-5,7,9,11H,6,8,10H2,(H2,18,20,22,24). The summed E-state index contributed by atoms with van der Waals surface area (Å²) in [5, 5.41) is 7.19. The first kappa shape index (κ1) is 16.8. The largest absolute Gasteiger partial charge is 0.334 e. The maximum absolute atomic E-state index is 12.2. The second kappa shape index (κ2) is 7.71. The predicted octanol–water partition coefficient (Wildman–Crippen LogP) is 1.87. The van der Waals surface area contributed by atoms with Gasteiger partial charge in [0.1, 0.15) is 4.83 Å². The number of hydrogen-bond donors (Lipinski definition) is 2. The first-order valence-electron chi connectivity index (χ1n) is 7.68. The van der Waals surface area contributed by atoms with Crippen LogP contribution in [0.5, 0.6) is 0 Å². The molecular formula is C17H16N4O3S. The topological polar surface area (TPSA) is 93.1 Å². The molecule has 0 aliphatic rings. The average Bonchev–Trinajstić information content (AvgIpc) is 3.10. The van der Waals surface area contributed by atoms with Crippen LogP contribution in [0.2, 0.25) is 0 Å². The van der Waals surface area contributed by atoms with Crippen molar-refractivity contribution in [3.63, 3.8) is 0 Å². The minimum Gasteiger partial charge on any atom is -0.334 e. The van der Waals surface area contributed by atoms with Gasteiger partial charge in [0.25, 0.3) is 5.56 Å². The zero-order chi connectivity index (χ0) is 17.6. The molecule has 8 heteroatoms. The van der Waals surface area contributed by atoms with Crippen molar-refractivity contribution in [2.75, 3.05) is 0 Å². The lowest BCUT2D eigenvalue weighted by Gasteiger charge is -2.08. The van der Waals surface area contributed by atoms with E-state index in [0.29, 0.717) is 16.8 Å². The van der Waals surface area contributed by atoms with Gasteiger partial charge < -0.3 is 5.32 Å². The number of benzene rings is 1. The molecule has 2 N–H and O–H groups in total. The van der Waals surface area contributed by atoms with Gasteiger partial charge in [0, 0.05) is 19.5 Å². The van der Waals surface area contributed by atoms with E-state index < -0.39 is 11.9 Å². The third-order valence-electron chi connectivity index (χ3n) is 3.58. The summed E-state index contributed by atoms with van der Waals surface area (Å²) in [5.41, 5.74) is 0.749. The molecule has 3 amide bonds. The molecule has 3 aromatic rings. The van der Waals surface area contributed by atoms with Crippen LogP contribution < -0.4 is 16.2 Å². The Kier molecular flexibility index (Phi) is 5.20. The molecule has 0 radical (unpaired) electrons. The van der Waals surface area contributed by atoms with E-state index in [1.165, 1.54) is 22.2 Å². The summed E-state index contributed by atoms with van der Waals surface area (Å²) in [6.07, 6.45) is 1.43. The Balaban J connectivity index is 1.49. The highest BCUT2D eigenvalue weighted by molar-refractivity contribution is 7.16. The van der Waals surface area contributed by atoms with Gasteiger partial charge in [-0.3, -0.25) is 19.5 Å². The number of nitrogens with zero attached hydrogens (tertiary/aromatic N) is 2. The SMILES string of the molecule is O=C(CCn1cnc2sccc2c1=O)NC(=O)NCc1ccccc1. The number of aryl methyl sites for hydroxylation is 1. The van der Waals surface area contributed by atoms with Crippen LogP contribution in [0.15, 0.2) is 52.9 Å². The van der Waals surface area contributed by atoms with Crippen LogP contribution in [0, 0.1) is 0 Å². The van der Waals surface area contributed by atoms with Crippen LogP contribution in [-0.4, -0.2) is 21.5 Å². The van der Waals surface area contributed by atoms with Crippen LogP contribution in [-0.2, 0) is 17.9 Å². The number of carbonyl (C=O) groups is 2. The van der Waals surface area contributed by atoms with E-state index in [0.717, 1.165) is 5.56 Å². The van der Waals surface area contributed by atoms with Crippen molar-refractivity contribution in [3.8, 4) is 0 Å². The van der Waals surface area contributed by atoms with E-state index in [1.54, 1.807) is 11.4 Å².